The first-order chi connectivity index (χ1) is 15.5. The third kappa shape index (κ3) is 5.75. The van der Waals surface area contributed by atoms with Crippen molar-refractivity contribution in [1.82, 2.24) is 25.5 Å². The van der Waals surface area contributed by atoms with E-state index in [-0.39, 0.29) is 11.6 Å². The van der Waals surface area contributed by atoms with Gasteiger partial charge >= 0.3 is 0 Å². The van der Waals surface area contributed by atoms with Crippen LogP contribution in [0.4, 0.5) is 0 Å². The fourth-order valence-corrected chi connectivity index (χ4v) is 2.97. The molecule has 0 spiro atoms. The van der Waals surface area contributed by atoms with Gasteiger partial charge in [-0.25, -0.2) is 9.98 Å². The van der Waals surface area contributed by atoms with Crippen molar-refractivity contribution >= 4 is 18.2 Å². The molecule has 0 aliphatic heterocycles. The minimum atomic E-state index is -0.460. The highest BCUT2D eigenvalue weighted by Gasteiger charge is 2.14. The van der Waals surface area contributed by atoms with Gasteiger partial charge in [-0.1, -0.05) is 42.5 Å². The van der Waals surface area contributed by atoms with Gasteiger partial charge in [-0.15, -0.1) is 10.2 Å². The number of aromatic amines is 1. The molecule has 1 amide bonds. The van der Waals surface area contributed by atoms with Crippen LogP contribution >= 0.6 is 0 Å². The first kappa shape index (κ1) is 22.6. The number of hydrogen-bond acceptors (Lipinski definition) is 6. The zero-order valence-corrected chi connectivity index (χ0v) is 18.4. The lowest BCUT2D eigenvalue weighted by molar-refractivity contribution is 0.0955. The molecule has 0 saturated carbocycles. The van der Waals surface area contributed by atoms with Crippen LogP contribution in [-0.2, 0) is 6.42 Å². The molecule has 0 aliphatic carbocycles. The van der Waals surface area contributed by atoms with Crippen LogP contribution < -0.4 is 10.1 Å². The molecule has 2 aromatic heterocycles. The van der Waals surface area contributed by atoms with Gasteiger partial charge in [-0.2, -0.15) is 0 Å². The predicted octanol–water partition coefficient (Wildman–Crippen LogP) is 3.87. The zero-order valence-electron chi connectivity index (χ0n) is 18.4. The Morgan fingerprint density at radius 2 is 2.00 bits per heavy atom. The standard InChI is InChI=1S/C24H26N6O2/c1-5-18(19-13-12-16(3)24(26-19)32-6-2)15-20(25-4)28-23(31)22-27-21(29-30-22)14-17-10-8-7-9-11-17/h5,7-13,15H,4,6,14H2,1-3H3,(H,28,31)(H,27,29,30)/b18-5+,20-15+. The van der Waals surface area contributed by atoms with Crippen LogP contribution in [-0.4, -0.2) is 39.4 Å². The van der Waals surface area contributed by atoms with Gasteiger partial charge in [0.25, 0.3) is 5.91 Å². The van der Waals surface area contributed by atoms with Crippen molar-refractivity contribution in [1.29, 1.82) is 0 Å². The second-order valence-electron chi connectivity index (χ2n) is 6.92. The van der Waals surface area contributed by atoms with Crippen molar-refractivity contribution in [2.75, 3.05) is 6.61 Å². The lowest BCUT2D eigenvalue weighted by atomic mass is 10.1. The number of allylic oxidation sites excluding steroid dienone is 3. The second-order valence-corrected chi connectivity index (χ2v) is 6.92. The summed E-state index contributed by atoms with van der Waals surface area (Å²) in [6, 6.07) is 13.6. The number of nitrogens with zero attached hydrogens (tertiary/aromatic N) is 4. The maximum absolute atomic E-state index is 12.6. The third-order valence-corrected chi connectivity index (χ3v) is 4.61. The van der Waals surface area contributed by atoms with E-state index in [1.165, 1.54) is 0 Å². The lowest BCUT2D eigenvalue weighted by Crippen LogP contribution is -2.23. The summed E-state index contributed by atoms with van der Waals surface area (Å²) in [6.07, 6.45) is 4.12. The molecule has 0 aliphatic rings. The highest BCUT2D eigenvalue weighted by Crippen LogP contribution is 2.21. The Labute approximate surface area is 187 Å². The van der Waals surface area contributed by atoms with Crippen LogP contribution in [0.3, 0.4) is 0 Å². The third-order valence-electron chi connectivity index (χ3n) is 4.61. The van der Waals surface area contributed by atoms with E-state index in [0.29, 0.717) is 30.4 Å². The first-order valence-electron chi connectivity index (χ1n) is 10.3. The number of rotatable bonds is 9. The lowest BCUT2D eigenvalue weighted by Gasteiger charge is -2.10. The van der Waals surface area contributed by atoms with Crippen molar-refractivity contribution in [2.45, 2.75) is 27.2 Å². The Bertz CT molecular complexity index is 1150. The Morgan fingerprint density at radius 1 is 1.22 bits per heavy atom. The fraction of sp³-hybridized carbons (Fsp3) is 0.208. The van der Waals surface area contributed by atoms with Crippen LogP contribution in [0.1, 0.15) is 47.1 Å². The normalized spacial score (nSPS) is 11.8. The Balaban J connectivity index is 1.74. The van der Waals surface area contributed by atoms with Crippen molar-refractivity contribution in [2.24, 2.45) is 4.99 Å². The number of nitrogens with one attached hydrogen (secondary N) is 2. The van der Waals surface area contributed by atoms with Crippen LogP contribution in [0.25, 0.3) is 5.57 Å². The van der Waals surface area contributed by atoms with Gasteiger partial charge in [0.2, 0.25) is 11.7 Å². The number of benzene rings is 1. The van der Waals surface area contributed by atoms with E-state index in [1.54, 1.807) is 6.08 Å². The minimum absolute atomic E-state index is 0.0969. The summed E-state index contributed by atoms with van der Waals surface area (Å²) >= 11 is 0. The number of carbonyl (C=O) groups excluding carboxylic acids is 1. The molecule has 8 nitrogen and oxygen atoms in total. The maximum atomic E-state index is 12.6. The highest BCUT2D eigenvalue weighted by atomic mass is 16.5. The summed E-state index contributed by atoms with van der Waals surface area (Å²) in [5.41, 5.74) is 3.47. The molecule has 0 bridgehead atoms. The smallest absolute Gasteiger partial charge is 0.294 e. The number of amides is 1. The molecule has 0 unspecified atom stereocenters. The molecule has 3 aromatic rings. The highest BCUT2D eigenvalue weighted by molar-refractivity contribution is 5.92. The maximum Gasteiger partial charge on any atom is 0.294 e. The van der Waals surface area contributed by atoms with E-state index in [4.69, 9.17) is 4.74 Å². The van der Waals surface area contributed by atoms with Crippen molar-refractivity contribution < 1.29 is 9.53 Å². The van der Waals surface area contributed by atoms with E-state index in [0.717, 1.165) is 16.7 Å². The molecular formula is C24H26N6O2. The van der Waals surface area contributed by atoms with Crippen LogP contribution in [0.2, 0.25) is 0 Å². The summed E-state index contributed by atoms with van der Waals surface area (Å²) in [4.78, 5) is 24.1. The predicted molar refractivity (Wildman–Crippen MR) is 125 cm³/mol. The van der Waals surface area contributed by atoms with Crippen LogP contribution in [0.15, 0.2) is 65.4 Å². The molecular weight excluding hydrogens is 404 g/mol. The van der Waals surface area contributed by atoms with Gasteiger partial charge in [-0.05, 0) is 50.8 Å². The molecule has 8 heteroatoms. The quantitative estimate of drug-likeness (QED) is 0.396. The number of aliphatic imine (C=N–C) groups is 1. The van der Waals surface area contributed by atoms with Gasteiger partial charge in [-0.3, -0.25) is 4.79 Å². The molecule has 2 heterocycles. The molecule has 32 heavy (non-hydrogen) atoms. The number of aromatic nitrogens is 4. The van der Waals surface area contributed by atoms with Gasteiger partial charge in [0.15, 0.2) is 0 Å². The molecule has 0 fully saturated rings. The molecule has 0 atom stereocenters. The molecule has 1 aromatic carbocycles. The number of aryl methyl sites for hydroxylation is 1. The number of pyridine rings is 1. The number of carbonyl (C=O) groups is 1. The van der Waals surface area contributed by atoms with Gasteiger partial charge in [0, 0.05) is 12.0 Å². The number of ether oxygens (including phenoxy) is 1. The second kappa shape index (κ2) is 10.8. The largest absolute Gasteiger partial charge is 0.478 e. The van der Waals surface area contributed by atoms with Crippen molar-refractivity contribution in [3.05, 3.63) is 88.9 Å². The van der Waals surface area contributed by atoms with E-state index >= 15 is 0 Å². The average Bonchev–Trinajstić information content (AvgIpc) is 3.27. The first-order valence-corrected chi connectivity index (χ1v) is 10.3. The number of hydrogen-bond donors (Lipinski definition) is 2. The van der Waals surface area contributed by atoms with E-state index in [2.05, 4.69) is 37.2 Å². The summed E-state index contributed by atoms with van der Waals surface area (Å²) in [5.74, 6) is 1.07. The summed E-state index contributed by atoms with van der Waals surface area (Å²) in [6.45, 7) is 9.81. The summed E-state index contributed by atoms with van der Waals surface area (Å²) < 4.78 is 5.59. The van der Waals surface area contributed by atoms with Crippen LogP contribution in [0, 0.1) is 6.92 Å². The molecule has 0 saturated heterocycles. The average molecular weight is 431 g/mol. The Morgan fingerprint density at radius 3 is 2.69 bits per heavy atom. The zero-order chi connectivity index (χ0) is 22.9. The summed E-state index contributed by atoms with van der Waals surface area (Å²) in [5, 5.41) is 10.7. The fourth-order valence-electron chi connectivity index (χ4n) is 2.97. The molecule has 2 N–H and O–H groups in total. The van der Waals surface area contributed by atoms with Gasteiger partial charge in [0.05, 0.1) is 12.3 Å². The van der Waals surface area contributed by atoms with Crippen molar-refractivity contribution in [3.8, 4) is 5.88 Å². The van der Waals surface area contributed by atoms with Gasteiger partial charge < -0.3 is 15.0 Å². The summed E-state index contributed by atoms with van der Waals surface area (Å²) in [7, 11) is 0. The molecule has 0 radical (unpaired) electrons. The number of H-pyrrole nitrogens is 1. The Hall–Kier alpha value is -4.07. The van der Waals surface area contributed by atoms with Crippen LogP contribution in [0.5, 0.6) is 5.88 Å². The minimum Gasteiger partial charge on any atom is -0.478 e. The monoisotopic (exact) mass is 430 g/mol. The molecule has 164 valence electrons. The van der Waals surface area contributed by atoms with E-state index in [9.17, 15) is 4.79 Å². The van der Waals surface area contributed by atoms with Gasteiger partial charge in [0.1, 0.15) is 11.6 Å². The topological polar surface area (TPSA) is 105 Å². The molecule has 3 rings (SSSR count). The Kier molecular flexibility index (Phi) is 7.64. The van der Waals surface area contributed by atoms with E-state index in [1.807, 2.05) is 69.3 Å². The van der Waals surface area contributed by atoms with E-state index < -0.39 is 5.91 Å². The SMILES string of the molecule is C=N/C(=C\C(=C/C)c1ccc(C)c(OCC)n1)NC(=O)c1nnc(Cc2ccccc2)[nH]1. The van der Waals surface area contributed by atoms with Crippen molar-refractivity contribution in [3.63, 3.8) is 0 Å².